The maximum absolute atomic E-state index is 14.5. The number of carbonyl (C=O) groups is 1. The van der Waals surface area contributed by atoms with Crippen LogP contribution in [0, 0.1) is 6.92 Å². The summed E-state index contributed by atoms with van der Waals surface area (Å²) in [6, 6.07) is 10.0. The number of amides is 1. The van der Waals surface area contributed by atoms with Gasteiger partial charge in [0.2, 0.25) is 5.95 Å². The number of nitrogen functional groups attached to an aromatic ring is 1. The summed E-state index contributed by atoms with van der Waals surface area (Å²) in [5, 5.41) is 0. The van der Waals surface area contributed by atoms with E-state index in [2.05, 4.69) is 31.7 Å². The monoisotopic (exact) mass is 566 g/mol. The Morgan fingerprint density at radius 2 is 1.80 bits per heavy atom. The normalized spacial score (nSPS) is 14.4. The van der Waals surface area contributed by atoms with Gasteiger partial charge in [-0.05, 0) is 49.4 Å². The number of halogens is 3. The predicted octanol–water partition coefficient (Wildman–Crippen LogP) is 3.59. The van der Waals surface area contributed by atoms with Crippen LogP contribution in [0.1, 0.15) is 22.8 Å². The highest BCUT2D eigenvalue weighted by molar-refractivity contribution is 6.07. The number of aryl methyl sites for hydroxylation is 2. The van der Waals surface area contributed by atoms with E-state index in [-0.39, 0.29) is 38.8 Å². The van der Waals surface area contributed by atoms with Gasteiger partial charge in [-0.3, -0.25) is 14.2 Å². The zero-order chi connectivity index (χ0) is 29.5. The largest absolute Gasteiger partial charge is 0.491 e. The fraction of sp³-hybridized carbons (Fsp3) is 0.321. The van der Waals surface area contributed by atoms with Gasteiger partial charge in [-0.15, -0.1) is 13.2 Å². The quantitative estimate of drug-likeness (QED) is 0.365. The number of benzene rings is 2. The van der Waals surface area contributed by atoms with Gasteiger partial charge in [-0.2, -0.15) is 4.98 Å². The first-order valence-corrected chi connectivity index (χ1v) is 13.1. The lowest BCUT2D eigenvalue weighted by Gasteiger charge is -2.35. The Balaban J connectivity index is 1.55. The highest BCUT2D eigenvalue weighted by Crippen LogP contribution is 2.34. The molecular formula is C28H29F3N8O2. The summed E-state index contributed by atoms with van der Waals surface area (Å²) in [4.78, 5) is 43.1. The second-order valence-corrected chi connectivity index (χ2v) is 9.84. The molecule has 3 heterocycles. The Labute approximate surface area is 233 Å². The van der Waals surface area contributed by atoms with E-state index in [9.17, 15) is 22.8 Å². The van der Waals surface area contributed by atoms with Crippen LogP contribution in [0.25, 0.3) is 22.4 Å². The van der Waals surface area contributed by atoms with Crippen LogP contribution in [0.4, 0.5) is 30.5 Å². The first-order chi connectivity index (χ1) is 19.5. The van der Waals surface area contributed by atoms with Gasteiger partial charge < -0.3 is 15.5 Å². The Kier molecular flexibility index (Phi) is 7.39. The van der Waals surface area contributed by atoms with Crippen LogP contribution in [-0.4, -0.2) is 69.4 Å². The highest BCUT2D eigenvalue weighted by Gasteiger charge is 2.43. The molecule has 2 aromatic heterocycles. The number of nitrogens with zero attached hydrogens (tertiary/aromatic N) is 7. The summed E-state index contributed by atoms with van der Waals surface area (Å²) in [5.74, 6) is -1.28. The van der Waals surface area contributed by atoms with Crippen molar-refractivity contribution in [3.8, 4) is 11.3 Å². The molecule has 0 unspecified atom stereocenters. The third-order valence-corrected chi connectivity index (χ3v) is 7.29. The Morgan fingerprint density at radius 3 is 2.49 bits per heavy atom. The molecular weight excluding hydrogens is 537 g/mol. The lowest BCUT2D eigenvalue weighted by atomic mass is 10.0. The summed E-state index contributed by atoms with van der Waals surface area (Å²) in [6.45, 7) is 7.73. The van der Waals surface area contributed by atoms with Crippen LogP contribution >= 0.6 is 0 Å². The summed E-state index contributed by atoms with van der Waals surface area (Å²) in [7, 11) is 1.46. The molecule has 0 aliphatic carbocycles. The molecule has 0 bridgehead atoms. The van der Waals surface area contributed by atoms with Crippen molar-refractivity contribution in [3.05, 3.63) is 70.1 Å². The van der Waals surface area contributed by atoms with Crippen molar-refractivity contribution in [1.82, 2.24) is 24.4 Å². The maximum atomic E-state index is 14.5. The molecule has 0 atom stereocenters. The smallest absolute Gasteiger partial charge is 0.369 e. The fourth-order valence-electron chi connectivity index (χ4n) is 4.97. The number of anilines is 3. The van der Waals surface area contributed by atoms with Crippen LogP contribution in [-0.2, 0) is 7.05 Å². The van der Waals surface area contributed by atoms with E-state index < -0.39 is 23.5 Å². The minimum atomic E-state index is -5.04. The number of alkyl halides is 3. The van der Waals surface area contributed by atoms with Gasteiger partial charge in [0.05, 0.1) is 11.9 Å². The summed E-state index contributed by atoms with van der Waals surface area (Å²) >= 11 is 0. The third-order valence-electron chi connectivity index (χ3n) is 7.29. The molecule has 0 saturated carbocycles. The Hall–Kier alpha value is -4.52. The Morgan fingerprint density at radius 1 is 1.07 bits per heavy atom. The number of piperazine rings is 1. The van der Waals surface area contributed by atoms with Gasteiger partial charge in [0, 0.05) is 50.0 Å². The summed E-state index contributed by atoms with van der Waals surface area (Å²) < 4.78 is 44.7. The second-order valence-electron chi connectivity index (χ2n) is 9.84. The van der Waals surface area contributed by atoms with E-state index in [1.165, 1.54) is 42.1 Å². The van der Waals surface area contributed by atoms with Crippen molar-refractivity contribution < 1.29 is 18.0 Å². The van der Waals surface area contributed by atoms with E-state index in [0.717, 1.165) is 25.7 Å². The number of fused-ring (bicyclic) bond motifs is 1. The van der Waals surface area contributed by atoms with Crippen molar-refractivity contribution in [2.75, 3.05) is 48.3 Å². The van der Waals surface area contributed by atoms with E-state index >= 15 is 0 Å². The molecule has 0 radical (unpaired) electrons. The van der Waals surface area contributed by atoms with Crippen molar-refractivity contribution in [3.63, 3.8) is 0 Å². The minimum Gasteiger partial charge on any atom is -0.369 e. The fourth-order valence-corrected chi connectivity index (χ4v) is 4.97. The van der Waals surface area contributed by atoms with Crippen LogP contribution in [0.15, 0.2) is 53.5 Å². The van der Waals surface area contributed by atoms with Gasteiger partial charge in [-0.1, -0.05) is 19.1 Å². The average molecular weight is 567 g/mol. The zero-order valence-corrected chi connectivity index (χ0v) is 22.8. The molecule has 2 N–H and O–H groups in total. The van der Waals surface area contributed by atoms with Crippen LogP contribution in [0.5, 0.6) is 0 Å². The SMILES string of the molecule is CCN1CCN(c2cccc(C(=O)N(c3ccc(C)c(-c4nc5cnc(N)nc5n(C)c4=O)c3)C(F)(F)F)c2)CC1. The van der Waals surface area contributed by atoms with Crippen molar-refractivity contribution in [2.24, 2.45) is 7.05 Å². The number of rotatable bonds is 5. The average Bonchev–Trinajstić information content (AvgIpc) is 2.95. The number of likely N-dealkylation sites (N-methyl/N-ethyl adjacent to an activating group) is 1. The molecule has 1 aliphatic heterocycles. The number of hydrogen-bond acceptors (Lipinski definition) is 8. The van der Waals surface area contributed by atoms with Crippen molar-refractivity contribution >= 4 is 34.4 Å². The highest BCUT2D eigenvalue weighted by atomic mass is 19.4. The Bertz CT molecular complexity index is 1680. The number of hydrogen-bond donors (Lipinski definition) is 1. The lowest BCUT2D eigenvalue weighted by molar-refractivity contribution is -0.122. The molecule has 214 valence electrons. The van der Waals surface area contributed by atoms with Crippen LogP contribution in [0.3, 0.4) is 0 Å². The molecule has 2 aromatic carbocycles. The zero-order valence-electron chi connectivity index (χ0n) is 22.8. The molecule has 1 aliphatic rings. The first kappa shape index (κ1) is 28.0. The number of carbonyl (C=O) groups excluding carboxylic acids is 1. The standard InChI is InChI=1S/C28H29F3N8O2/c1-4-37-10-12-38(13-11-37)19-7-5-6-18(14-19)25(40)39(28(29,30)31)20-9-8-17(2)21(15-20)23-26(41)36(3)24-22(34-23)16-33-27(32)35-24/h5-9,14-16H,4,10-13H2,1-3H3,(H2,32,33,35). The third kappa shape index (κ3) is 5.44. The summed E-state index contributed by atoms with van der Waals surface area (Å²) in [6.07, 6.45) is -3.71. The van der Waals surface area contributed by atoms with Gasteiger partial charge in [0.1, 0.15) is 11.2 Å². The van der Waals surface area contributed by atoms with Gasteiger partial charge in [-0.25, -0.2) is 14.9 Å². The first-order valence-electron chi connectivity index (χ1n) is 13.1. The van der Waals surface area contributed by atoms with Crippen LogP contribution < -0.4 is 21.1 Å². The van der Waals surface area contributed by atoms with Gasteiger partial charge >= 0.3 is 6.30 Å². The molecule has 1 amide bonds. The van der Waals surface area contributed by atoms with Gasteiger partial charge in [0.25, 0.3) is 11.5 Å². The lowest BCUT2D eigenvalue weighted by Crippen LogP contribution is -2.46. The number of aromatic nitrogens is 4. The van der Waals surface area contributed by atoms with Crippen molar-refractivity contribution in [1.29, 1.82) is 0 Å². The molecule has 1 saturated heterocycles. The summed E-state index contributed by atoms with van der Waals surface area (Å²) in [5.41, 5.74) is 6.15. The van der Waals surface area contributed by atoms with E-state index in [0.29, 0.717) is 24.3 Å². The van der Waals surface area contributed by atoms with E-state index in [4.69, 9.17) is 5.73 Å². The van der Waals surface area contributed by atoms with Crippen molar-refractivity contribution in [2.45, 2.75) is 20.1 Å². The van der Waals surface area contributed by atoms with E-state index in [1.54, 1.807) is 19.1 Å². The topological polar surface area (TPSA) is 113 Å². The molecule has 1 fully saturated rings. The molecule has 13 heteroatoms. The minimum absolute atomic E-state index is 0.0492. The predicted molar refractivity (Wildman–Crippen MR) is 151 cm³/mol. The van der Waals surface area contributed by atoms with Crippen LogP contribution in [0.2, 0.25) is 0 Å². The molecule has 41 heavy (non-hydrogen) atoms. The molecule has 5 rings (SSSR count). The van der Waals surface area contributed by atoms with Gasteiger partial charge in [0.15, 0.2) is 5.65 Å². The number of nitrogens with two attached hydrogens (primary N) is 1. The second kappa shape index (κ2) is 10.8. The molecule has 0 spiro atoms. The maximum Gasteiger partial charge on any atom is 0.491 e. The van der Waals surface area contributed by atoms with E-state index in [1.807, 2.05) is 0 Å². The molecule has 4 aromatic rings. The molecule has 10 nitrogen and oxygen atoms in total.